The van der Waals surface area contributed by atoms with Gasteiger partial charge < -0.3 is 15.8 Å². The maximum atomic E-state index is 11.6. The lowest BCUT2D eigenvalue weighted by Gasteiger charge is -2.05. The second-order valence-electron chi connectivity index (χ2n) is 4.54. The number of nitrogens with two attached hydrogens (primary N) is 1. The Labute approximate surface area is 138 Å². The Hall–Kier alpha value is -2.78. The first-order valence-corrected chi connectivity index (χ1v) is 7.81. The summed E-state index contributed by atoms with van der Waals surface area (Å²) in [5.74, 6) is 5.36. The largest absolute Gasteiger partial charge is 0.480 e. The van der Waals surface area contributed by atoms with E-state index in [4.69, 9.17) is 10.5 Å². The lowest BCUT2D eigenvalue weighted by Crippen LogP contribution is -2.25. The highest BCUT2D eigenvalue weighted by atomic mass is 32.1. The third-order valence-electron chi connectivity index (χ3n) is 2.87. The molecular formula is C17H16N2O3S. The van der Waals surface area contributed by atoms with Crippen LogP contribution < -0.4 is 15.8 Å². The first-order valence-electron chi connectivity index (χ1n) is 6.93. The molecule has 0 atom stereocenters. The number of hydrogen-bond acceptors (Lipinski definition) is 4. The molecule has 0 aliphatic heterocycles. The van der Waals surface area contributed by atoms with Gasteiger partial charge in [-0.25, -0.2) is 0 Å². The number of para-hydroxylation sites is 1. The molecule has 0 aliphatic rings. The number of benzene rings is 1. The zero-order valence-electron chi connectivity index (χ0n) is 12.4. The highest BCUT2D eigenvalue weighted by Crippen LogP contribution is 2.16. The number of ether oxygens (including phenoxy) is 1. The maximum absolute atomic E-state index is 11.6. The predicted molar refractivity (Wildman–Crippen MR) is 89.3 cm³/mol. The second-order valence-corrected chi connectivity index (χ2v) is 5.57. The number of primary amides is 1. The minimum atomic E-state index is -0.547. The Kier molecular flexibility index (Phi) is 6.21. The molecule has 0 radical (unpaired) electrons. The van der Waals surface area contributed by atoms with E-state index in [2.05, 4.69) is 17.2 Å². The summed E-state index contributed by atoms with van der Waals surface area (Å²) in [7, 11) is 0. The van der Waals surface area contributed by atoms with Crippen LogP contribution in [0.1, 0.15) is 15.2 Å². The Balaban J connectivity index is 1.72. The van der Waals surface area contributed by atoms with Crippen LogP contribution >= 0.6 is 11.3 Å². The molecule has 23 heavy (non-hydrogen) atoms. The van der Waals surface area contributed by atoms with Gasteiger partial charge >= 0.3 is 0 Å². The van der Waals surface area contributed by atoms with Crippen molar-refractivity contribution in [1.82, 2.24) is 5.32 Å². The van der Waals surface area contributed by atoms with Crippen molar-refractivity contribution in [2.24, 2.45) is 5.73 Å². The van der Waals surface area contributed by atoms with Gasteiger partial charge in [0, 0.05) is 4.88 Å². The number of hydrogen-bond donors (Lipinski definition) is 2. The molecule has 6 heteroatoms. The van der Waals surface area contributed by atoms with Crippen LogP contribution in [0.2, 0.25) is 0 Å². The summed E-state index contributed by atoms with van der Waals surface area (Å²) in [4.78, 5) is 23.9. The first-order chi connectivity index (χ1) is 11.2. The fraction of sp³-hybridized carbons (Fsp3) is 0.176. The Morgan fingerprint density at radius 1 is 1.17 bits per heavy atom. The van der Waals surface area contributed by atoms with Crippen LogP contribution in [0.4, 0.5) is 0 Å². The standard InChI is InChI=1S/C17H16N2O3S/c18-17(21)14-7-1-2-8-15(14)22-10-4-3-9-19-16(20)12-13-6-5-11-23-13/h1-2,5-8,11H,9-10,12H2,(H2,18,21)(H,19,20). The number of rotatable bonds is 6. The summed E-state index contributed by atoms with van der Waals surface area (Å²) in [5.41, 5.74) is 5.57. The van der Waals surface area contributed by atoms with E-state index in [0.29, 0.717) is 17.7 Å². The summed E-state index contributed by atoms with van der Waals surface area (Å²) in [6, 6.07) is 10.5. The van der Waals surface area contributed by atoms with E-state index in [1.807, 2.05) is 17.5 Å². The van der Waals surface area contributed by atoms with Gasteiger partial charge in [-0.3, -0.25) is 9.59 Å². The van der Waals surface area contributed by atoms with Crippen LogP contribution in [0.5, 0.6) is 5.75 Å². The van der Waals surface area contributed by atoms with E-state index in [-0.39, 0.29) is 19.1 Å². The number of carbonyl (C=O) groups excluding carboxylic acids is 2. The normalized spacial score (nSPS) is 9.57. The third-order valence-corrected chi connectivity index (χ3v) is 3.74. The molecule has 1 aromatic heterocycles. The second kappa shape index (κ2) is 8.61. The monoisotopic (exact) mass is 328 g/mol. The average molecular weight is 328 g/mol. The van der Waals surface area contributed by atoms with E-state index in [1.54, 1.807) is 35.6 Å². The zero-order valence-corrected chi connectivity index (χ0v) is 13.2. The minimum Gasteiger partial charge on any atom is -0.480 e. The molecule has 0 saturated heterocycles. The molecule has 0 unspecified atom stereocenters. The molecule has 2 aromatic rings. The van der Waals surface area contributed by atoms with Gasteiger partial charge in [-0.05, 0) is 23.6 Å². The van der Waals surface area contributed by atoms with E-state index in [1.165, 1.54) is 0 Å². The molecule has 118 valence electrons. The van der Waals surface area contributed by atoms with Crippen LogP contribution in [-0.2, 0) is 11.2 Å². The molecule has 2 rings (SSSR count). The minimum absolute atomic E-state index is 0.0678. The molecule has 0 aliphatic carbocycles. The van der Waals surface area contributed by atoms with Crippen molar-refractivity contribution in [3.63, 3.8) is 0 Å². The molecule has 0 bridgehead atoms. The van der Waals surface area contributed by atoms with Crippen molar-refractivity contribution in [2.45, 2.75) is 6.42 Å². The van der Waals surface area contributed by atoms with Crippen molar-refractivity contribution >= 4 is 23.2 Å². The van der Waals surface area contributed by atoms with Crippen LogP contribution in [0.25, 0.3) is 0 Å². The topological polar surface area (TPSA) is 81.4 Å². The van der Waals surface area contributed by atoms with E-state index in [0.717, 1.165) is 4.88 Å². The fourth-order valence-electron chi connectivity index (χ4n) is 1.80. The van der Waals surface area contributed by atoms with Gasteiger partial charge in [0.1, 0.15) is 12.4 Å². The van der Waals surface area contributed by atoms with Crippen molar-refractivity contribution < 1.29 is 14.3 Å². The molecule has 3 N–H and O–H groups in total. The molecule has 1 heterocycles. The van der Waals surface area contributed by atoms with Crippen molar-refractivity contribution in [3.8, 4) is 17.6 Å². The average Bonchev–Trinajstić information content (AvgIpc) is 3.03. The molecule has 0 fully saturated rings. The van der Waals surface area contributed by atoms with Crippen molar-refractivity contribution in [3.05, 3.63) is 52.2 Å². The van der Waals surface area contributed by atoms with Crippen LogP contribution in [0.15, 0.2) is 41.8 Å². The number of amides is 2. The van der Waals surface area contributed by atoms with Crippen LogP contribution in [0, 0.1) is 11.8 Å². The summed E-state index contributed by atoms with van der Waals surface area (Å²) in [5, 5.41) is 4.65. The fourth-order valence-corrected chi connectivity index (χ4v) is 2.50. The Morgan fingerprint density at radius 3 is 2.74 bits per heavy atom. The highest BCUT2D eigenvalue weighted by Gasteiger charge is 2.07. The van der Waals surface area contributed by atoms with Gasteiger partial charge in [0.2, 0.25) is 5.91 Å². The van der Waals surface area contributed by atoms with Gasteiger partial charge in [-0.2, -0.15) is 0 Å². The molecule has 5 nitrogen and oxygen atoms in total. The predicted octanol–water partition coefficient (Wildman–Crippen LogP) is 1.59. The van der Waals surface area contributed by atoms with Gasteiger partial charge in [0.05, 0.1) is 18.5 Å². The first kappa shape index (κ1) is 16.6. The van der Waals surface area contributed by atoms with Crippen molar-refractivity contribution in [1.29, 1.82) is 0 Å². The lowest BCUT2D eigenvalue weighted by molar-refractivity contribution is -0.120. The number of carbonyl (C=O) groups is 2. The smallest absolute Gasteiger partial charge is 0.252 e. The lowest BCUT2D eigenvalue weighted by atomic mass is 10.2. The Morgan fingerprint density at radius 2 is 2.00 bits per heavy atom. The SMILES string of the molecule is NC(=O)c1ccccc1OCC#CCNC(=O)Cc1cccs1. The van der Waals surface area contributed by atoms with Crippen LogP contribution in [0.3, 0.4) is 0 Å². The summed E-state index contributed by atoms with van der Waals surface area (Å²) in [6.07, 6.45) is 0.363. The molecule has 1 aromatic carbocycles. The van der Waals surface area contributed by atoms with Crippen molar-refractivity contribution in [2.75, 3.05) is 13.2 Å². The third kappa shape index (κ3) is 5.49. The Bertz CT molecular complexity index is 730. The van der Waals surface area contributed by atoms with Gasteiger partial charge in [-0.15, -0.1) is 11.3 Å². The van der Waals surface area contributed by atoms with E-state index < -0.39 is 5.91 Å². The van der Waals surface area contributed by atoms with Gasteiger partial charge in [0.15, 0.2) is 0 Å². The van der Waals surface area contributed by atoms with Gasteiger partial charge in [0.25, 0.3) is 5.91 Å². The van der Waals surface area contributed by atoms with E-state index in [9.17, 15) is 9.59 Å². The van der Waals surface area contributed by atoms with Crippen LogP contribution in [-0.4, -0.2) is 25.0 Å². The molecule has 2 amide bonds. The molecular weight excluding hydrogens is 312 g/mol. The number of thiophene rings is 1. The summed E-state index contributed by atoms with van der Waals surface area (Å²) >= 11 is 1.55. The molecule has 0 spiro atoms. The summed E-state index contributed by atoms with van der Waals surface area (Å²) < 4.78 is 5.41. The quantitative estimate of drug-likeness (QED) is 0.790. The number of nitrogens with one attached hydrogen (secondary N) is 1. The maximum Gasteiger partial charge on any atom is 0.252 e. The van der Waals surface area contributed by atoms with Gasteiger partial charge in [-0.1, -0.05) is 30.0 Å². The highest BCUT2D eigenvalue weighted by molar-refractivity contribution is 7.10. The summed E-state index contributed by atoms with van der Waals surface area (Å²) in [6.45, 7) is 0.371. The van der Waals surface area contributed by atoms with E-state index >= 15 is 0 Å². The molecule has 0 saturated carbocycles. The zero-order chi connectivity index (χ0) is 16.5.